The molecule has 2 nitrogen and oxygen atoms in total. The SMILES string of the molecule is CCCC(C)n1c(C(C)Cl)nc2cc(F)c(Br)cc21. The molecule has 0 aliphatic rings. The van der Waals surface area contributed by atoms with Gasteiger partial charge >= 0.3 is 0 Å². The summed E-state index contributed by atoms with van der Waals surface area (Å²) in [6, 6.07) is 3.53. The van der Waals surface area contributed by atoms with Gasteiger partial charge in [0.25, 0.3) is 0 Å². The zero-order valence-electron chi connectivity index (χ0n) is 11.3. The van der Waals surface area contributed by atoms with E-state index in [1.54, 1.807) is 6.07 Å². The van der Waals surface area contributed by atoms with E-state index >= 15 is 0 Å². The van der Waals surface area contributed by atoms with Crippen LogP contribution in [0.3, 0.4) is 0 Å². The van der Waals surface area contributed by atoms with E-state index in [1.807, 2.05) is 6.92 Å². The molecule has 0 saturated heterocycles. The highest BCUT2D eigenvalue weighted by Crippen LogP contribution is 2.32. The van der Waals surface area contributed by atoms with E-state index < -0.39 is 0 Å². The lowest BCUT2D eigenvalue weighted by Gasteiger charge is -2.18. The monoisotopic (exact) mass is 346 g/mol. The molecule has 0 saturated carbocycles. The summed E-state index contributed by atoms with van der Waals surface area (Å²) in [4.78, 5) is 4.49. The number of benzene rings is 1. The van der Waals surface area contributed by atoms with Gasteiger partial charge in [0.15, 0.2) is 0 Å². The molecule has 0 aliphatic heterocycles. The highest BCUT2D eigenvalue weighted by molar-refractivity contribution is 9.10. The van der Waals surface area contributed by atoms with Crippen molar-refractivity contribution in [2.24, 2.45) is 0 Å². The highest BCUT2D eigenvalue weighted by atomic mass is 79.9. The topological polar surface area (TPSA) is 17.8 Å². The average molecular weight is 348 g/mol. The first kappa shape index (κ1) is 14.8. The van der Waals surface area contributed by atoms with Crippen LogP contribution >= 0.6 is 27.5 Å². The number of aromatic nitrogens is 2. The fourth-order valence-corrected chi connectivity index (χ4v) is 2.88. The normalized spacial score (nSPS) is 14.8. The van der Waals surface area contributed by atoms with Crippen molar-refractivity contribution in [3.8, 4) is 0 Å². The van der Waals surface area contributed by atoms with Crippen LogP contribution in [0, 0.1) is 5.82 Å². The van der Waals surface area contributed by atoms with Crippen LogP contribution in [0.4, 0.5) is 4.39 Å². The Morgan fingerprint density at radius 3 is 2.68 bits per heavy atom. The van der Waals surface area contributed by atoms with E-state index in [-0.39, 0.29) is 11.2 Å². The van der Waals surface area contributed by atoms with E-state index in [2.05, 4.69) is 39.3 Å². The number of imidazole rings is 1. The maximum Gasteiger partial charge on any atom is 0.139 e. The molecule has 5 heteroatoms. The summed E-state index contributed by atoms with van der Waals surface area (Å²) in [5, 5.41) is -0.200. The summed E-state index contributed by atoms with van der Waals surface area (Å²) >= 11 is 9.45. The fraction of sp³-hybridized carbons (Fsp3) is 0.500. The third-order valence-corrected chi connectivity index (χ3v) is 4.06. The van der Waals surface area contributed by atoms with Gasteiger partial charge in [0.05, 0.1) is 20.9 Å². The van der Waals surface area contributed by atoms with Crippen molar-refractivity contribution < 1.29 is 4.39 Å². The molecule has 0 aliphatic carbocycles. The first-order valence-electron chi connectivity index (χ1n) is 6.46. The summed E-state index contributed by atoms with van der Waals surface area (Å²) in [6.45, 7) is 6.18. The van der Waals surface area contributed by atoms with Crippen molar-refractivity contribution >= 4 is 38.6 Å². The number of hydrogen-bond acceptors (Lipinski definition) is 1. The van der Waals surface area contributed by atoms with Crippen LogP contribution in [0.25, 0.3) is 11.0 Å². The minimum Gasteiger partial charge on any atom is -0.324 e. The minimum atomic E-state index is -0.297. The Morgan fingerprint density at radius 1 is 1.42 bits per heavy atom. The van der Waals surface area contributed by atoms with Gasteiger partial charge in [0.2, 0.25) is 0 Å². The van der Waals surface area contributed by atoms with Crippen molar-refractivity contribution in [2.75, 3.05) is 0 Å². The molecule has 1 heterocycles. The van der Waals surface area contributed by atoms with Gasteiger partial charge in [0.1, 0.15) is 11.6 Å². The van der Waals surface area contributed by atoms with Crippen LogP contribution in [0.2, 0.25) is 0 Å². The second-order valence-electron chi connectivity index (χ2n) is 4.85. The number of halogens is 3. The predicted octanol–water partition coefficient (Wildman–Crippen LogP) is 5.60. The molecule has 1 aromatic heterocycles. The predicted molar refractivity (Wildman–Crippen MR) is 81.3 cm³/mol. The smallest absolute Gasteiger partial charge is 0.139 e. The summed E-state index contributed by atoms with van der Waals surface area (Å²) in [7, 11) is 0. The molecular weight excluding hydrogens is 331 g/mol. The lowest BCUT2D eigenvalue weighted by Crippen LogP contribution is -2.09. The van der Waals surface area contributed by atoms with Gasteiger partial charge in [0, 0.05) is 12.1 Å². The lowest BCUT2D eigenvalue weighted by molar-refractivity contribution is 0.494. The number of fused-ring (bicyclic) bond motifs is 1. The third kappa shape index (κ3) is 2.79. The number of alkyl halides is 1. The van der Waals surface area contributed by atoms with Gasteiger partial charge in [-0.25, -0.2) is 9.37 Å². The molecule has 2 unspecified atom stereocenters. The van der Waals surface area contributed by atoms with E-state index in [9.17, 15) is 4.39 Å². The van der Waals surface area contributed by atoms with Crippen LogP contribution in [-0.4, -0.2) is 9.55 Å². The van der Waals surface area contributed by atoms with Gasteiger partial charge in [-0.2, -0.15) is 0 Å². The fourth-order valence-electron chi connectivity index (χ4n) is 2.40. The number of hydrogen-bond donors (Lipinski definition) is 0. The molecule has 2 aromatic rings. The summed E-state index contributed by atoms with van der Waals surface area (Å²) < 4.78 is 16.2. The van der Waals surface area contributed by atoms with Crippen molar-refractivity contribution in [1.29, 1.82) is 0 Å². The molecule has 0 amide bonds. The second-order valence-corrected chi connectivity index (χ2v) is 6.36. The minimum absolute atomic E-state index is 0.200. The number of nitrogens with zero attached hydrogens (tertiary/aromatic N) is 2. The van der Waals surface area contributed by atoms with Gasteiger partial charge in [-0.1, -0.05) is 13.3 Å². The summed E-state index contributed by atoms with van der Waals surface area (Å²) in [5.74, 6) is 0.504. The quantitative estimate of drug-likeness (QED) is 0.658. The second kappa shape index (κ2) is 5.80. The molecule has 2 atom stereocenters. The Balaban J connectivity index is 2.69. The largest absolute Gasteiger partial charge is 0.324 e. The molecule has 104 valence electrons. The van der Waals surface area contributed by atoms with E-state index in [0.29, 0.717) is 16.0 Å². The maximum absolute atomic E-state index is 13.6. The van der Waals surface area contributed by atoms with Crippen LogP contribution < -0.4 is 0 Å². The van der Waals surface area contributed by atoms with Gasteiger partial charge in [-0.3, -0.25) is 0 Å². The summed E-state index contributed by atoms with van der Waals surface area (Å²) in [5.41, 5.74) is 1.59. The lowest BCUT2D eigenvalue weighted by atomic mass is 10.2. The van der Waals surface area contributed by atoms with Crippen molar-refractivity contribution in [2.45, 2.75) is 45.0 Å². The van der Waals surface area contributed by atoms with Gasteiger partial charge < -0.3 is 4.57 Å². The molecule has 0 spiro atoms. The molecule has 19 heavy (non-hydrogen) atoms. The van der Waals surface area contributed by atoms with E-state index in [1.165, 1.54) is 6.07 Å². The highest BCUT2D eigenvalue weighted by Gasteiger charge is 2.19. The Hall–Kier alpha value is -0.610. The molecule has 2 rings (SSSR count). The molecular formula is C14H17BrClFN2. The molecule has 0 radical (unpaired) electrons. The maximum atomic E-state index is 13.6. The Kier molecular flexibility index (Phi) is 4.51. The van der Waals surface area contributed by atoms with Crippen LogP contribution in [0.5, 0.6) is 0 Å². The zero-order chi connectivity index (χ0) is 14.2. The Morgan fingerprint density at radius 2 is 2.11 bits per heavy atom. The van der Waals surface area contributed by atoms with E-state index in [4.69, 9.17) is 11.6 Å². The molecule has 0 fully saturated rings. The van der Waals surface area contributed by atoms with E-state index in [0.717, 1.165) is 24.2 Å². The van der Waals surface area contributed by atoms with Gasteiger partial charge in [-0.05, 0) is 42.3 Å². The Labute approximate surface area is 126 Å². The van der Waals surface area contributed by atoms with Crippen molar-refractivity contribution in [3.05, 3.63) is 28.2 Å². The average Bonchev–Trinajstić information content (AvgIpc) is 2.69. The first-order valence-corrected chi connectivity index (χ1v) is 7.69. The summed E-state index contributed by atoms with van der Waals surface area (Å²) in [6.07, 6.45) is 2.12. The van der Waals surface area contributed by atoms with Gasteiger partial charge in [-0.15, -0.1) is 11.6 Å². The van der Waals surface area contributed by atoms with Crippen molar-refractivity contribution in [3.63, 3.8) is 0 Å². The first-order chi connectivity index (χ1) is 8.95. The van der Waals surface area contributed by atoms with Crippen LogP contribution in [-0.2, 0) is 0 Å². The molecule has 0 bridgehead atoms. The van der Waals surface area contributed by atoms with Crippen LogP contribution in [0.1, 0.15) is 50.9 Å². The van der Waals surface area contributed by atoms with Crippen molar-refractivity contribution in [1.82, 2.24) is 9.55 Å². The third-order valence-electron chi connectivity index (χ3n) is 3.26. The number of rotatable bonds is 4. The van der Waals surface area contributed by atoms with Crippen LogP contribution in [0.15, 0.2) is 16.6 Å². The zero-order valence-corrected chi connectivity index (χ0v) is 13.6. The molecule has 0 N–H and O–H groups in total. The Bertz CT molecular complexity index is 595. The molecule has 1 aromatic carbocycles. The standard InChI is InChI=1S/C14H17BrClFN2/c1-4-5-8(2)19-13-6-10(15)11(17)7-12(13)18-14(19)9(3)16/h6-9H,4-5H2,1-3H3.